The molecule has 16 heavy (non-hydrogen) atoms. The molecule has 0 fully saturated rings. The maximum absolute atomic E-state index is 11.2. The van der Waals surface area contributed by atoms with Crippen LogP contribution in [-0.2, 0) is 19.1 Å². The minimum absolute atomic E-state index is 0.201. The van der Waals surface area contributed by atoms with Crippen LogP contribution in [0.2, 0.25) is 0 Å². The molecule has 0 spiro atoms. The van der Waals surface area contributed by atoms with Gasteiger partial charge in [-0.05, 0) is 33.7 Å². The molecule has 0 heterocycles. The average Bonchev–Trinajstić information content (AvgIpc) is 2.24. The molecule has 0 radical (unpaired) electrons. The SMILES string of the molecule is CCOC(=O)CCCNC(C)C(=O)OCC. The van der Waals surface area contributed by atoms with Crippen LogP contribution in [0.5, 0.6) is 0 Å². The van der Waals surface area contributed by atoms with Gasteiger partial charge in [-0.3, -0.25) is 9.59 Å². The van der Waals surface area contributed by atoms with Crippen molar-refractivity contribution in [2.45, 2.75) is 39.7 Å². The van der Waals surface area contributed by atoms with Gasteiger partial charge in [-0.2, -0.15) is 0 Å². The van der Waals surface area contributed by atoms with Crippen LogP contribution in [0.15, 0.2) is 0 Å². The predicted molar refractivity (Wildman–Crippen MR) is 60.0 cm³/mol. The molecular formula is C11H21NO4. The van der Waals surface area contributed by atoms with Crippen LogP contribution in [0, 0.1) is 0 Å². The van der Waals surface area contributed by atoms with Crippen LogP contribution >= 0.6 is 0 Å². The third kappa shape index (κ3) is 7.23. The Kier molecular flexibility index (Phi) is 8.52. The van der Waals surface area contributed by atoms with E-state index in [9.17, 15) is 9.59 Å². The number of hydrogen-bond acceptors (Lipinski definition) is 5. The van der Waals surface area contributed by atoms with Crippen LogP contribution in [0.3, 0.4) is 0 Å². The van der Waals surface area contributed by atoms with Crippen LogP contribution in [0.4, 0.5) is 0 Å². The first kappa shape index (κ1) is 14.9. The number of hydrogen-bond donors (Lipinski definition) is 1. The fourth-order valence-corrected chi connectivity index (χ4v) is 1.14. The monoisotopic (exact) mass is 231 g/mol. The second-order valence-electron chi connectivity index (χ2n) is 3.34. The molecule has 0 bridgehead atoms. The molecule has 0 aromatic rings. The van der Waals surface area contributed by atoms with Crippen LogP contribution in [0.25, 0.3) is 0 Å². The molecule has 0 aliphatic rings. The van der Waals surface area contributed by atoms with Gasteiger partial charge in [0.2, 0.25) is 0 Å². The standard InChI is InChI=1S/C11H21NO4/c1-4-15-10(13)7-6-8-12-9(3)11(14)16-5-2/h9,12H,4-8H2,1-3H3. The van der Waals surface area contributed by atoms with E-state index in [0.29, 0.717) is 32.6 Å². The van der Waals surface area contributed by atoms with Gasteiger partial charge in [-0.15, -0.1) is 0 Å². The second-order valence-corrected chi connectivity index (χ2v) is 3.34. The molecule has 0 amide bonds. The Morgan fingerprint density at radius 1 is 1.19 bits per heavy atom. The van der Waals surface area contributed by atoms with Gasteiger partial charge in [-0.25, -0.2) is 0 Å². The number of ether oxygens (including phenoxy) is 2. The van der Waals surface area contributed by atoms with Gasteiger partial charge >= 0.3 is 11.9 Å². The first-order chi connectivity index (χ1) is 7.61. The summed E-state index contributed by atoms with van der Waals surface area (Å²) in [5.41, 5.74) is 0. The lowest BCUT2D eigenvalue weighted by molar-refractivity contribution is -0.145. The maximum Gasteiger partial charge on any atom is 0.322 e. The van der Waals surface area contributed by atoms with Crippen molar-refractivity contribution in [2.24, 2.45) is 0 Å². The van der Waals surface area contributed by atoms with Gasteiger partial charge in [0.25, 0.3) is 0 Å². The minimum Gasteiger partial charge on any atom is -0.466 e. The van der Waals surface area contributed by atoms with Crippen molar-refractivity contribution in [3.8, 4) is 0 Å². The third-order valence-corrected chi connectivity index (χ3v) is 1.95. The largest absolute Gasteiger partial charge is 0.466 e. The van der Waals surface area contributed by atoms with Gasteiger partial charge in [0, 0.05) is 6.42 Å². The van der Waals surface area contributed by atoms with E-state index >= 15 is 0 Å². The van der Waals surface area contributed by atoms with E-state index in [1.807, 2.05) is 0 Å². The summed E-state index contributed by atoms with van der Waals surface area (Å²) < 4.78 is 9.60. The molecule has 94 valence electrons. The van der Waals surface area contributed by atoms with Crippen molar-refractivity contribution in [1.82, 2.24) is 5.32 Å². The van der Waals surface area contributed by atoms with Gasteiger partial charge in [0.05, 0.1) is 13.2 Å². The maximum atomic E-state index is 11.2. The van der Waals surface area contributed by atoms with Gasteiger partial charge in [0.15, 0.2) is 0 Å². The van der Waals surface area contributed by atoms with Gasteiger partial charge in [-0.1, -0.05) is 0 Å². The highest BCUT2D eigenvalue weighted by Gasteiger charge is 2.12. The van der Waals surface area contributed by atoms with Crippen molar-refractivity contribution in [3.05, 3.63) is 0 Å². The van der Waals surface area contributed by atoms with Gasteiger partial charge < -0.3 is 14.8 Å². The van der Waals surface area contributed by atoms with Crippen LogP contribution < -0.4 is 5.32 Å². The quantitative estimate of drug-likeness (QED) is 0.496. The molecule has 5 nitrogen and oxygen atoms in total. The number of rotatable bonds is 8. The molecule has 1 atom stereocenters. The van der Waals surface area contributed by atoms with E-state index < -0.39 is 0 Å². The molecule has 0 saturated heterocycles. The average molecular weight is 231 g/mol. The zero-order valence-electron chi connectivity index (χ0n) is 10.2. The Bertz CT molecular complexity index is 218. The van der Waals surface area contributed by atoms with E-state index in [4.69, 9.17) is 9.47 Å². The number of esters is 2. The summed E-state index contributed by atoms with van der Waals surface area (Å²) in [6.07, 6.45) is 1.03. The highest BCUT2D eigenvalue weighted by Crippen LogP contribution is 1.93. The Morgan fingerprint density at radius 2 is 1.81 bits per heavy atom. The molecule has 0 aromatic heterocycles. The van der Waals surface area contributed by atoms with Crippen molar-refractivity contribution in [3.63, 3.8) is 0 Å². The van der Waals surface area contributed by atoms with Crippen molar-refractivity contribution in [2.75, 3.05) is 19.8 Å². The number of nitrogens with one attached hydrogen (secondary N) is 1. The zero-order chi connectivity index (χ0) is 12.4. The molecule has 5 heteroatoms. The smallest absolute Gasteiger partial charge is 0.322 e. The Hall–Kier alpha value is -1.10. The number of carbonyl (C=O) groups excluding carboxylic acids is 2. The highest BCUT2D eigenvalue weighted by molar-refractivity contribution is 5.75. The lowest BCUT2D eigenvalue weighted by Crippen LogP contribution is -2.36. The minimum atomic E-state index is -0.331. The normalized spacial score (nSPS) is 11.9. The molecule has 0 aromatic carbocycles. The van der Waals surface area contributed by atoms with E-state index in [1.54, 1.807) is 20.8 Å². The third-order valence-electron chi connectivity index (χ3n) is 1.95. The fraction of sp³-hybridized carbons (Fsp3) is 0.818. The molecular weight excluding hydrogens is 210 g/mol. The van der Waals surface area contributed by atoms with Crippen molar-refractivity contribution in [1.29, 1.82) is 0 Å². The number of carbonyl (C=O) groups is 2. The van der Waals surface area contributed by atoms with Crippen LogP contribution in [0.1, 0.15) is 33.6 Å². The van der Waals surface area contributed by atoms with Crippen molar-refractivity contribution >= 4 is 11.9 Å². The summed E-state index contributed by atoms with van der Waals surface area (Å²) >= 11 is 0. The summed E-state index contributed by atoms with van der Waals surface area (Å²) in [7, 11) is 0. The fourth-order valence-electron chi connectivity index (χ4n) is 1.14. The molecule has 1 unspecified atom stereocenters. The summed E-state index contributed by atoms with van der Waals surface area (Å²) in [5.74, 6) is -0.466. The first-order valence-corrected chi connectivity index (χ1v) is 5.67. The molecule has 0 rings (SSSR count). The Balaban J connectivity index is 3.51. The summed E-state index contributed by atoms with van der Waals surface area (Å²) in [5, 5.41) is 2.98. The van der Waals surface area contributed by atoms with Crippen molar-refractivity contribution < 1.29 is 19.1 Å². The zero-order valence-corrected chi connectivity index (χ0v) is 10.2. The molecule has 1 N–H and O–H groups in total. The molecule has 0 saturated carbocycles. The van der Waals surface area contributed by atoms with E-state index in [0.717, 1.165) is 0 Å². The lowest BCUT2D eigenvalue weighted by atomic mass is 10.3. The highest BCUT2D eigenvalue weighted by atomic mass is 16.5. The predicted octanol–water partition coefficient (Wildman–Crippen LogP) is 0.871. The molecule has 0 aliphatic heterocycles. The molecule has 0 aliphatic carbocycles. The first-order valence-electron chi connectivity index (χ1n) is 5.67. The topological polar surface area (TPSA) is 64.6 Å². The van der Waals surface area contributed by atoms with E-state index in [-0.39, 0.29) is 18.0 Å². The van der Waals surface area contributed by atoms with E-state index in [1.165, 1.54) is 0 Å². The summed E-state index contributed by atoms with van der Waals surface area (Å²) in [6, 6.07) is -0.331. The van der Waals surface area contributed by atoms with E-state index in [2.05, 4.69) is 5.32 Å². The Morgan fingerprint density at radius 3 is 2.38 bits per heavy atom. The Labute approximate surface area is 96.5 Å². The van der Waals surface area contributed by atoms with Crippen LogP contribution in [-0.4, -0.2) is 37.7 Å². The lowest BCUT2D eigenvalue weighted by Gasteiger charge is -2.11. The summed E-state index contributed by atoms with van der Waals surface area (Å²) in [6.45, 7) is 6.67. The van der Waals surface area contributed by atoms with Gasteiger partial charge in [0.1, 0.15) is 6.04 Å². The summed E-state index contributed by atoms with van der Waals surface area (Å²) in [4.78, 5) is 22.2. The second kappa shape index (κ2) is 9.15.